The van der Waals surface area contributed by atoms with Crippen LogP contribution in [0, 0.1) is 0 Å². The number of rotatable bonds is 6. The van der Waals surface area contributed by atoms with E-state index in [1.54, 1.807) is 23.7 Å². The SMILES string of the molecule is c1ccc(-c2nccnc2-c2cccc(-c3cccc(-c4cccc(-c5nc(-c6ccccc6)c6sc7ccccc7c6n5)c4)c3)c2)cc1. The predicted octanol–water partition coefficient (Wildman–Crippen LogP) is 11.6. The summed E-state index contributed by atoms with van der Waals surface area (Å²) in [7, 11) is 0. The van der Waals surface area contributed by atoms with Crippen LogP contribution < -0.4 is 0 Å². The molecule has 4 nitrogen and oxygen atoms in total. The summed E-state index contributed by atoms with van der Waals surface area (Å²) >= 11 is 1.75. The highest BCUT2D eigenvalue weighted by atomic mass is 32.1. The third-order valence-electron chi connectivity index (χ3n) is 8.80. The second kappa shape index (κ2) is 12.4. The average molecular weight is 645 g/mol. The van der Waals surface area contributed by atoms with Gasteiger partial charge in [-0.25, -0.2) is 9.97 Å². The van der Waals surface area contributed by atoms with E-state index in [-0.39, 0.29) is 0 Å². The van der Waals surface area contributed by atoms with Crippen molar-refractivity contribution in [3.05, 3.63) is 170 Å². The van der Waals surface area contributed by atoms with Crippen LogP contribution in [0.2, 0.25) is 0 Å². The van der Waals surface area contributed by atoms with Crippen LogP contribution in [0.4, 0.5) is 0 Å². The van der Waals surface area contributed by atoms with Crippen molar-refractivity contribution < 1.29 is 0 Å². The fraction of sp³-hybridized carbons (Fsp3) is 0. The Morgan fingerprint density at radius 2 is 0.837 bits per heavy atom. The van der Waals surface area contributed by atoms with Crippen LogP contribution >= 0.6 is 11.3 Å². The average Bonchev–Trinajstić information content (AvgIpc) is 3.57. The molecule has 0 radical (unpaired) electrons. The van der Waals surface area contributed by atoms with Crippen molar-refractivity contribution in [1.29, 1.82) is 0 Å². The Morgan fingerprint density at radius 3 is 1.49 bits per heavy atom. The molecule has 0 aliphatic carbocycles. The van der Waals surface area contributed by atoms with Crippen LogP contribution in [0.15, 0.2) is 170 Å². The molecule has 6 aromatic carbocycles. The monoisotopic (exact) mass is 644 g/mol. The van der Waals surface area contributed by atoms with Crippen molar-refractivity contribution in [2.24, 2.45) is 0 Å². The lowest BCUT2D eigenvalue weighted by molar-refractivity contribution is 1.21. The number of thiophene rings is 1. The number of fused-ring (bicyclic) bond motifs is 3. The van der Waals surface area contributed by atoms with E-state index in [0.29, 0.717) is 0 Å². The van der Waals surface area contributed by atoms with E-state index < -0.39 is 0 Å². The van der Waals surface area contributed by atoms with Crippen LogP contribution in [-0.4, -0.2) is 19.9 Å². The van der Waals surface area contributed by atoms with Crippen LogP contribution in [0.5, 0.6) is 0 Å². The molecule has 0 aliphatic rings. The maximum Gasteiger partial charge on any atom is 0.160 e. The molecular formula is C44H28N4S. The highest BCUT2D eigenvalue weighted by Gasteiger charge is 2.17. The molecule has 5 heteroatoms. The first kappa shape index (κ1) is 28.9. The van der Waals surface area contributed by atoms with Gasteiger partial charge in [-0.15, -0.1) is 11.3 Å². The number of nitrogens with zero attached hydrogens (tertiary/aromatic N) is 4. The van der Waals surface area contributed by atoms with Gasteiger partial charge in [-0.05, 0) is 46.5 Å². The summed E-state index contributed by atoms with van der Waals surface area (Å²) in [4.78, 5) is 19.8. The molecule has 0 amide bonds. The van der Waals surface area contributed by atoms with Crippen LogP contribution in [0.3, 0.4) is 0 Å². The molecule has 3 heterocycles. The molecule has 230 valence electrons. The highest BCUT2D eigenvalue weighted by Crippen LogP contribution is 2.40. The first-order valence-corrected chi connectivity index (χ1v) is 17.0. The van der Waals surface area contributed by atoms with Gasteiger partial charge in [-0.1, -0.05) is 133 Å². The van der Waals surface area contributed by atoms with E-state index in [1.165, 1.54) is 4.70 Å². The standard InChI is InChI=1S/C44H28N4S/c1-3-12-29(13-4-1)39-40(46-25-24-45-39)35-20-10-18-33(27-35)31-16-9-17-32(26-31)34-19-11-21-36(28-34)44-47-41(30-14-5-2-6-15-30)43-42(48-44)37-22-7-8-23-38(37)49-43/h1-28H. The number of benzene rings is 6. The largest absolute Gasteiger partial charge is 0.252 e. The number of hydrogen-bond donors (Lipinski definition) is 0. The molecular weight excluding hydrogens is 617 g/mol. The summed E-state index contributed by atoms with van der Waals surface area (Å²) in [6.45, 7) is 0. The molecule has 0 atom stereocenters. The summed E-state index contributed by atoms with van der Waals surface area (Å²) in [5, 5.41) is 1.16. The Labute approximate surface area is 288 Å². The lowest BCUT2D eigenvalue weighted by Gasteiger charge is -2.11. The molecule has 49 heavy (non-hydrogen) atoms. The van der Waals surface area contributed by atoms with Crippen molar-refractivity contribution in [2.45, 2.75) is 0 Å². The van der Waals surface area contributed by atoms with Crippen molar-refractivity contribution in [2.75, 3.05) is 0 Å². The Kier molecular flexibility index (Phi) is 7.30. The first-order valence-electron chi connectivity index (χ1n) is 16.2. The zero-order valence-corrected chi connectivity index (χ0v) is 27.2. The maximum absolute atomic E-state index is 5.19. The van der Waals surface area contributed by atoms with Crippen molar-refractivity contribution in [3.63, 3.8) is 0 Å². The van der Waals surface area contributed by atoms with E-state index in [4.69, 9.17) is 19.9 Å². The fourth-order valence-electron chi connectivity index (χ4n) is 6.43. The maximum atomic E-state index is 5.19. The van der Waals surface area contributed by atoms with E-state index >= 15 is 0 Å². The molecule has 0 bridgehead atoms. The minimum Gasteiger partial charge on any atom is -0.252 e. The van der Waals surface area contributed by atoms with Gasteiger partial charge in [0.2, 0.25) is 0 Å². The molecule has 0 saturated heterocycles. The number of hydrogen-bond acceptors (Lipinski definition) is 5. The Morgan fingerprint density at radius 1 is 0.367 bits per heavy atom. The van der Waals surface area contributed by atoms with Gasteiger partial charge in [0, 0.05) is 44.7 Å². The molecule has 0 fully saturated rings. The minimum atomic E-state index is 0.721. The zero-order chi connectivity index (χ0) is 32.6. The van der Waals surface area contributed by atoms with Gasteiger partial charge in [0.15, 0.2) is 5.82 Å². The van der Waals surface area contributed by atoms with Gasteiger partial charge in [0.25, 0.3) is 0 Å². The normalized spacial score (nSPS) is 11.3. The van der Waals surface area contributed by atoms with E-state index in [0.717, 1.165) is 83.0 Å². The van der Waals surface area contributed by atoms with E-state index in [9.17, 15) is 0 Å². The lowest BCUT2D eigenvalue weighted by atomic mass is 9.96. The lowest BCUT2D eigenvalue weighted by Crippen LogP contribution is -1.94. The smallest absolute Gasteiger partial charge is 0.160 e. The second-order valence-electron chi connectivity index (χ2n) is 11.9. The third-order valence-corrected chi connectivity index (χ3v) is 9.97. The first-order chi connectivity index (χ1) is 24.3. The van der Waals surface area contributed by atoms with Crippen LogP contribution in [0.25, 0.3) is 87.7 Å². The molecule has 0 aliphatic heterocycles. The van der Waals surface area contributed by atoms with E-state index in [2.05, 4.69) is 133 Å². The topological polar surface area (TPSA) is 51.6 Å². The molecule has 0 spiro atoms. The van der Waals surface area contributed by atoms with Crippen molar-refractivity contribution >= 4 is 31.6 Å². The Balaban J connectivity index is 1.11. The summed E-state index contributed by atoms with van der Waals surface area (Å²) in [5.41, 5.74) is 12.3. The van der Waals surface area contributed by atoms with Crippen LogP contribution in [-0.2, 0) is 0 Å². The Hall–Kier alpha value is -6.30. The third kappa shape index (κ3) is 5.46. The molecule has 9 rings (SSSR count). The zero-order valence-electron chi connectivity index (χ0n) is 26.4. The second-order valence-corrected chi connectivity index (χ2v) is 13.0. The molecule has 0 saturated carbocycles. The molecule has 0 N–H and O–H groups in total. The van der Waals surface area contributed by atoms with Gasteiger partial charge in [-0.2, -0.15) is 0 Å². The van der Waals surface area contributed by atoms with Crippen LogP contribution in [0.1, 0.15) is 0 Å². The predicted molar refractivity (Wildman–Crippen MR) is 203 cm³/mol. The summed E-state index contributed by atoms with van der Waals surface area (Å²) in [6.07, 6.45) is 3.51. The quantitative estimate of drug-likeness (QED) is 0.181. The minimum absolute atomic E-state index is 0.721. The van der Waals surface area contributed by atoms with Crippen molar-refractivity contribution in [3.8, 4) is 67.4 Å². The van der Waals surface area contributed by atoms with Crippen molar-refractivity contribution in [1.82, 2.24) is 19.9 Å². The summed E-state index contributed by atoms with van der Waals surface area (Å²) < 4.78 is 2.32. The summed E-state index contributed by atoms with van der Waals surface area (Å²) in [5.74, 6) is 0.721. The molecule has 3 aromatic heterocycles. The highest BCUT2D eigenvalue weighted by molar-refractivity contribution is 7.26. The van der Waals surface area contributed by atoms with Gasteiger partial charge >= 0.3 is 0 Å². The van der Waals surface area contributed by atoms with Gasteiger partial charge in [0.05, 0.1) is 27.3 Å². The van der Waals surface area contributed by atoms with E-state index in [1.807, 2.05) is 24.3 Å². The van der Waals surface area contributed by atoms with Gasteiger partial charge in [-0.3, -0.25) is 9.97 Å². The molecule has 9 aromatic rings. The summed E-state index contributed by atoms with van der Waals surface area (Å²) in [6, 6.07) is 54.9. The van der Waals surface area contributed by atoms with Gasteiger partial charge < -0.3 is 0 Å². The van der Waals surface area contributed by atoms with Gasteiger partial charge in [0.1, 0.15) is 0 Å². The number of aromatic nitrogens is 4. The molecule has 0 unspecified atom stereocenters. The Bertz CT molecular complexity index is 2610. The fourth-order valence-corrected chi connectivity index (χ4v) is 7.58.